The lowest BCUT2D eigenvalue weighted by atomic mass is 9.98. The van der Waals surface area contributed by atoms with Gasteiger partial charge in [0.15, 0.2) is 6.04 Å². The molecule has 2 N–H and O–H groups in total. The van der Waals surface area contributed by atoms with E-state index in [1.807, 2.05) is 48.5 Å². The molecule has 0 aliphatic heterocycles. The summed E-state index contributed by atoms with van der Waals surface area (Å²) in [5, 5.41) is 11.8. The Bertz CT molecular complexity index is 1550. The van der Waals surface area contributed by atoms with Gasteiger partial charge in [-0.15, -0.1) is 0 Å². The molecular weight excluding hydrogens is 537 g/mol. The van der Waals surface area contributed by atoms with Crippen molar-refractivity contribution >= 4 is 12.1 Å². The summed E-state index contributed by atoms with van der Waals surface area (Å²) in [6.07, 6.45) is -1.13. The molecule has 0 aromatic heterocycles. The number of halogens is 5. The molecule has 204 valence electrons. The van der Waals surface area contributed by atoms with Gasteiger partial charge in [0.05, 0.1) is 0 Å². The molecule has 11 heteroatoms. The Labute approximate surface area is 223 Å². The minimum Gasteiger partial charge on any atom is -0.508 e. The van der Waals surface area contributed by atoms with Gasteiger partial charge in [0.2, 0.25) is 34.8 Å². The number of benzene rings is 4. The summed E-state index contributed by atoms with van der Waals surface area (Å²) in [5.41, 5.74) is 3.73. The molecule has 1 aliphatic rings. The molecule has 1 atom stereocenters. The van der Waals surface area contributed by atoms with E-state index < -0.39 is 52.9 Å². The second kappa shape index (κ2) is 10.7. The summed E-state index contributed by atoms with van der Waals surface area (Å²) in [5.74, 6) is -15.7. The second-order valence-electron chi connectivity index (χ2n) is 8.81. The van der Waals surface area contributed by atoms with Crippen LogP contribution >= 0.6 is 0 Å². The van der Waals surface area contributed by atoms with E-state index in [0.717, 1.165) is 34.4 Å². The van der Waals surface area contributed by atoms with Gasteiger partial charge < -0.3 is 19.9 Å². The van der Waals surface area contributed by atoms with Crippen LogP contribution in [0.1, 0.15) is 28.7 Å². The molecule has 0 saturated heterocycles. The molecule has 1 aliphatic carbocycles. The Kier molecular flexibility index (Phi) is 7.12. The van der Waals surface area contributed by atoms with E-state index in [9.17, 15) is 36.6 Å². The first-order valence-corrected chi connectivity index (χ1v) is 11.8. The van der Waals surface area contributed by atoms with Crippen LogP contribution in [0.4, 0.5) is 26.7 Å². The molecule has 5 rings (SSSR count). The van der Waals surface area contributed by atoms with Crippen molar-refractivity contribution in [1.82, 2.24) is 5.32 Å². The molecule has 0 radical (unpaired) electrons. The maximum absolute atomic E-state index is 14.1. The summed E-state index contributed by atoms with van der Waals surface area (Å²) in [4.78, 5) is 25.7. The molecule has 4 aromatic rings. The smallest absolute Gasteiger partial charge is 0.408 e. The fourth-order valence-electron chi connectivity index (χ4n) is 4.54. The van der Waals surface area contributed by atoms with Gasteiger partial charge in [-0.3, -0.25) is 0 Å². The molecule has 6 nitrogen and oxygen atoms in total. The Morgan fingerprint density at radius 3 is 1.80 bits per heavy atom. The Hall–Kier alpha value is -4.93. The number of amides is 1. The number of alkyl carbamates (subject to hydrolysis) is 1. The summed E-state index contributed by atoms with van der Waals surface area (Å²) < 4.78 is 78.9. The number of hydrogen-bond acceptors (Lipinski definition) is 5. The second-order valence-corrected chi connectivity index (χ2v) is 8.81. The minimum atomic E-state index is -2.43. The van der Waals surface area contributed by atoms with Crippen molar-refractivity contribution in [3.05, 3.63) is 119 Å². The molecule has 0 unspecified atom stereocenters. The molecular formula is C29H18F5NO5. The molecule has 0 bridgehead atoms. The van der Waals surface area contributed by atoms with Gasteiger partial charge in [0.25, 0.3) is 0 Å². The zero-order valence-electron chi connectivity index (χ0n) is 20.3. The average molecular weight is 555 g/mol. The molecule has 4 aromatic carbocycles. The fraction of sp³-hybridized carbons (Fsp3) is 0.103. The predicted octanol–water partition coefficient (Wildman–Crippen LogP) is 6.27. The van der Waals surface area contributed by atoms with Gasteiger partial charge in [-0.25, -0.2) is 22.8 Å². The number of phenols is 1. The highest BCUT2D eigenvalue weighted by molar-refractivity contribution is 5.84. The van der Waals surface area contributed by atoms with Crippen LogP contribution in [0.15, 0.2) is 72.8 Å². The van der Waals surface area contributed by atoms with Gasteiger partial charge in [0.1, 0.15) is 12.4 Å². The number of phenolic OH excluding ortho intramolecular Hbond substituents is 1. The van der Waals surface area contributed by atoms with E-state index >= 15 is 0 Å². The van der Waals surface area contributed by atoms with Crippen LogP contribution in [0.5, 0.6) is 11.5 Å². The standard InChI is InChI=1S/C29H18F5NO5/c30-21-22(31)24(33)27(25(34)23(21)32)40-28(37)26(14-9-11-15(36)12-10-14)35-29(38)39-13-20-18-7-3-1-5-16(18)17-6-2-4-8-19(17)20/h1-12,20,26,36H,13H2,(H,35,38)/t26-/m1/s1. The lowest BCUT2D eigenvalue weighted by Gasteiger charge is -2.20. The number of carbonyl (C=O) groups excluding carboxylic acids is 2. The number of fused-ring (bicyclic) bond motifs is 3. The first kappa shape index (κ1) is 26.7. The van der Waals surface area contributed by atoms with Crippen LogP contribution in [-0.4, -0.2) is 23.8 Å². The van der Waals surface area contributed by atoms with Crippen molar-refractivity contribution < 1.29 is 46.1 Å². The van der Waals surface area contributed by atoms with Crippen LogP contribution in [0, 0.1) is 29.1 Å². The lowest BCUT2D eigenvalue weighted by Crippen LogP contribution is -2.37. The van der Waals surface area contributed by atoms with Crippen molar-refractivity contribution in [2.75, 3.05) is 6.61 Å². The van der Waals surface area contributed by atoms with Gasteiger partial charge in [0, 0.05) is 5.92 Å². The van der Waals surface area contributed by atoms with Crippen molar-refractivity contribution in [3.63, 3.8) is 0 Å². The highest BCUT2D eigenvalue weighted by Gasteiger charge is 2.33. The lowest BCUT2D eigenvalue weighted by molar-refractivity contribution is -0.137. The van der Waals surface area contributed by atoms with Crippen LogP contribution < -0.4 is 10.1 Å². The molecule has 1 amide bonds. The zero-order chi connectivity index (χ0) is 28.6. The Balaban J connectivity index is 1.37. The average Bonchev–Trinajstić information content (AvgIpc) is 3.29. The van der Waals surface area contributed by atoms with Crippen LogP contribution in [0.3, 0.4) is 0 Å². The molecule has 0 spiro atoms. The van der Waals surface area contributed by atoms with Gasteiger partial charge in [-0.2, -0.15) is 8.78 Å². The van der Waals surface area contributed by atoms with Gasteiger partial charge >= 0.3 is 12.1 Å². The van der Waals surface area contributed by atoms with Crippen molar-refractivity contribution in [2.24, 2.45) is 0 Å². The number of nitrogens with one attached hydrogen (secondary N) is 1. The number of rotatable bonds is 6. The number of ether oxygens (including phenoxy) is 2. The molecule has 40 heavy (non-hydrogen) atoms. The van der Waals surface area contributed by atoms with E-state index in [4.69, 9.17) is 4.74 Å². The predicted molar refractivity (Wildman–Crippen MR) is 131 cm³/mol. The zero-order valence-corrected chi connectivity index (χ0v) is 20.3. The van der Waals surface area contributed by atoms with E-state index in [1.54, 1.807) is 0 Å². The molecule has 0 heterocycles. The normalized spacial score (nSPS) is 12.8. The third-order valence-electron chi connectivity index (χ3n) is 6.44. The van der Waals surface area contributed by atoms with Crippen molar-refractivity contribution in [1.29, 1.82) is 0 Å². The third kappa shape index (κ3) is 4.81. The third-order valence-corrected chi connectivity index (χ3v) is 6.44. The van der Waals surface area contributed by atoms with Crippen LogP contribution in [-0.2, 0) is 9.53 Å². The van der Waals surface area contributed by atoms with Gasteiger partial charge in [-0.1, -0.05) is 60.7 Å². The molecule has 0 saturated carbocycles. The van der Waals surface area contributed by atoms with Crippen molar-refractivity contribution in [2.45, 2.75) is 12.0 Å². The highest BCUT2D eigenvalue weighted by Crippen LogP contribution is 2.44. The van der Waals surface area contributed by atoms with E-state index in [0.29, 0.717) is 0 Å². The Morgan fingerprint density at radius 2 is 1.25 bits per heavy atom. The first-order chi connectivity index (χ1) is 19.2. The van der Waals surface area contributed by atoms with E-state index in [-0.39, 0.29) is 23.8 Å². The largest absolute Gasteiger partial charge is 0.508 e. The monoisotopic (exact) mass is 555 g/mol. The van der Waals surface area contributed by atoms with E-state index in [2.05, 4.69) is 10.1 Å². The molecule has 0 fully saturated rings. The minimum absolute atomic E-state index is 0.0415. The number of carbonyl (C=O) groups is 2. The topological polar surface area (TPSA) is 84.9 Å². The first-order valence-electron chi connectivity index (χ1n) is 11.8. The SMILES string of the molecule is O=C(N[C@@H](C(=O)Oc1c(F)c(F)c(F)c(F)c1F)c1ccc(O)cc1)OCC1c2ccccc2-c2ccccc21. The van der Waals surface area contributed by atoms with Crippen LogP contribution in [0.25, 0.3) is 11.1 Å². The number of aromatic hydroxyl groups is 1. The van der Waals surface area contributed by atoms with E-state index in [1.165, 1.54) is 12.1 Å². The summed E-state index contributed by atoms with van der Waals surface area (Å²) in [6.45, 7) is -0.144. The summed E-state index contributed by atoms with van der Waals surface area (Å²) >= 11 is 0. The number of hydrogen-bond donors (Lipinski definition) is 2. The Morgan fingerprint density at radius 1 is 0.750 bits per heavy atom. The maximum Gasteiger partial charge on any atom is 0.408 e. The quantitative estimate of drug-likeness (QED) is 0.0963. The van der Waals surface area contributed by atoms with Crippen molar-refractivity contribution in [3.8, 4) is 22.6 Å². The maximum atomic E-state index is 14.1. The van der Waals surface area contributed by atoms with Crippen LogP contribution in [0.2, 0.25) is 0 Å². The fourth-order valence-corrected chi connectivity index (χ4v) is 4.54. The summed E-state index contributed by atoms with van der Waals surface area (Å²) in [6, 6.07) is 17.9. The van der Waals surface area contributed by atoms with Gasteiger partial charge in [-0.05, 0) is 39.9 Å². The highest BCUT2D eigenvalue weighted by atomic mass is 19.2. The number of esters is 1. The summed E-state index contributed by atoms with van der Waals surface area (Å²) in [7, 11) is 0.